The average molecular weight is 90.1 g/mol. The molecule has 0 bridgehead atoms. The zero-order valence-corrected chi connectivity index (χ0v) is 4.13. The first-order chi connectivity index (χ1) is 1.73. The Morgan fingerprint density at radius 2 is 1.40 bits per heavy atom. The van der Waals surface area contributed by atoms with E-state index in [-0.39, 0.29) is 19.3 Å². The molecule has 0 amide bonds. The summed E-state index contributed by atoms with van der Waals surface area (Å²) < 4.78 is 0. The van der Waals surface area contributed by atoms with Crippen molar-refractivity contribution in [3.63, 3.8) is 0 Å². The van der Waals surface area contributed by atoms with Crippen molar-refractivity contribution >= 4 is 19.3 Å². The normalized spacial score (nSPS) is 5.20. The van der Waals surface area contributed by atoms with Gasteiger partial charge < -0.3 is 4.79 Å². The lowest BCUT2D eigenvalue weighted by molar-refractivity contribution is -0.114. The summed E-state index contributed by atoms with van der Waals surface area (Å²) in [6, 6.07) is 0. The van der Waals surface area contributed by atoms with E-state index in [0.29, 0.717) is 0 Å². The van der Waals surface area contributed by atoms with Crippen LogP contribution in [0.2, 0.25) is 0 Å². The van der Waals surface area contributed by atoms with Gasteiger partial charge in [0, 0.05) is 13.5 Å². The molecule has 5 heavy (non-hydrogen) atoms. The van der Waals surface area contributed by atoms with Crippen molar-refractivity contribution in [2.45, 2.75) is 13.8 Å². The fourth-order valence-corrected chi connectivity index (χ4v) is 0. The molecule has 0 aromatic heterocycles. The molecular weight excluding hydrogens is 84.1 g/mol. The van der Waals surface area contributed by atoms with Crippen molar-refractivity contribution in [2.24, 2.45) is 0 Å². The third kappa shape index (κ3) is 41000. The van der Waals surface area contributed by atoms with Crippen LogP contribution in [0.15, 0.2) is 0 Å². The predicted molar refractivity (Wildman–Crippen MR) is 23.9 cm³/mol. The number of carbonyl (C=O) groups excluding carboxylic acids is 1. The van der Waals surface area contributed by atoms with Gasteiger partial charge in [0.05, 0.1) is 0 Å². The van der Waals surface area contributed by atoms with Crippen LogP contribution in [0.25, 0.3) is 0 Å². The second kappa shape index (κ2) is 4.02. The average Bonchev–Trinajstić information content (AvgIpc) is 0.811. The molecule has 0 heterocycles. The maximum Gasteiger partial charge on any atom is 0.126 e. The third-order valence-corrected chi connectivity index (χ3v) is 0. The highest BCUT2D eigenvalue weighted by Gasteiger charge is 1.62. The van der Waals surface area contributed by atoms with Gasteiger partial charge in [-0.25, -0.2) is 0 Å². The summed E-state index contributed by atoms with van der Waals surface area (Å²) in [4.78, 5) is 9.44. The molecule has 0 fully saturated rings. The monoisotopic (exact) mass is 90.0 g/mol. The van der Waals surface area contributed by atoms with Crippen LogP contribution in [0.1, 0.15) is 13.8 Å². The van der Waals surface area contributed by atoms with Gasteiger partial charge in [0.2, 0.25) is 0 Å². The van der Waals surface area contributed by atoms with Crippen molar-refractivity contribution in [3.05, 3.63) is 0 Å². The lowest BCUT2D eigenvalue weighted by Gasteiger charge is -1.56. The molecule has 1 nitrogen and oxygen atoms in total. The van der Waals surface area contributed by atoms with E-state index in [1.807, 2.05) is 0 Å². The molecule has 30 valence electrons. The molecule has 0 aromatic carbocycles. The van der Waals surface area contributed by atoms with Crippen LogP contribution in [0, 0.1) is 0 Å². The SMILES string of the molecule is CC(C)=O.[S]. The minimum Gasteiger partial charge on any atom is -0.300 e. The molecule has 0 aliphatic rings. The van der Waals surface area contributed by atoms with Crippen molar-refractivity contribution in [1.29, 1.82) is 0 Å². The number of rotatable bonds is 0. The summed E-state index contributed by atoms with van der Waals surface area (Å²) in [6.07, 6.45) is 0. The Hall–Kier alpha value is 0.0200. The number of ketones is 1. The van der Waals surface area contributed by atoms with Gasteiger partial charge in [-0.1, -0.05) is 0 Å². The van der Waals surface area contributed by atoms with Crippen molar-refractivity contribution in [1.82, 2.24) is 0 Å². The zero-order valence-electron chi connectivity index (χ0n) is 3.32. The van der Waals surface area contributed by atoms with Gasteiger partial charge in [-0.2, -0.15) is 0 Å². The smallest absolute Gasteiger partial charge is 0.126 e. The van der Waals surface area contributed by atoms with Crippen molar-refractivity contribution in [3.8, 4) is 0 Å². The lowest BCUT2D eigenvalue weighted by atomic mass is 10.6. The molecule has 0 unspecified atom stereocenters. The van der Waals surface area contributed by atoms with Gasteiger partial charge in [0.25, 0.3) is 0 Å². The highest BCUT2D eigenvalue weighted by atomic mass is 32.1. The predicted octanol–water partition coefficient (Wildman–Crippen LogP) is 1.24. The first kappa shape index (κ1) is 8.89. The molecule has 2 heteroatoms. The maximum atomic E-state index is 9.44. The van der Waals surface area contributed by atoms with E-state index in [1.165, 1.54) is 13.8 Å². The second-order valence-electron chi connectivity index (χ2n) is 0.908. The lowest BCUT2D eigenvalue weighted by Crippen LogP contribution is -1.69. The second-order valence-corrected chi connectivity index (χ2v) is 0.908. The van der Waals surface area contributed by atoms with Gasteiger partial charge in [-0.05, 0) is 13.8 Å². The van der Waals surface area contributed by atoms with Gasteiger partial charge in [-0.15, -0.1) is 0 Å². The summed E-state index contributed by atoms with van der Waals surface area (Å²) in [5, 5.41) is 0. The molecular formula is C3H6OS. The van der Waals surface area contributed by atoms with Gasteiger partial charge in [0.15, 0.2) is 0 Å². The van der Waals surface area contributed by atoms with Crippen LogP contribution >= 0.6 is 13.5 Å². The highest BCUT2D eigenvalue weighted by Crippen LogP contribution is 1.50. The Labute approximate surface area is 38.8 Å². The fourth-order valence-electron chi connectivity index (χ4n) is 0. The molecule has 0 spiro atoms. The van der Waals surface area contributed by atoms with E-state index in [1.54, 1.807) is 0 Å². The maximum absolute atomic E-state index is 9.44. The largest absolute Gasteiger partial charge is 0.300 e. The Morgan fingerprint density at radius 1 is 1.40 bits per heavy atom. The minimum atomic E-state index is 0. The molecule has 0 aromatic rings. The minimum absolute atomic E-state index is 0. The molecule has 0 saturated heterocycles. The van der Waals surface area contributed by atoms with Crippen LogP contribution in [0.4, 0.5) is 0 Å². The van der Waals surface area contributed by atoms with Crippen molar-refractivity contribution < 1.29 is 4.79 Å². The zero-order chi connectivity index (χ0) is 3.58. The van der Waals surface area contributed by atoms with Gasteiger partial charge in [0.1, 0.15) is 5.78 Å². The van der Waals surface area contributed by atoms with E-state index >= 15 is 0 Å². The van der Waals surface area contributed by atoms with Crippen molar-refractivity contribution in [2.75, 3.05) is 0 Å². The van der Waals surface area contributed by atoms with Gasteiger partial charge in [-0.3, -0.25) is 0 Å². The van der Waals surface area contributed by atoms with E-state index in [0.717, 1.165) is 0 Å². The third-order valence-electron chi connectivity index (χ3n) is 0. The molecule has 2 radical (unpaired) electrons. The van der Waals surface area contributed by atoms with Gasteiger partial charge >= 0.3 is 0 Å². The van der Waals surface area contributed by atoms with E-state index in [9.17, 15) is 4.79 Å². The van der Waals surface area contributed by atoms with E-state index in [4.69, 9.17) is 0 Å². The number of hydrogen-bond donors (Lipinski definition) is 0. The van der Waals surface area contributed by atoms with Crippen LogP contribution in [-0.4, -0.2) is 5.78 Å². The van der Waals surface area contributed by atoms with Crippen LogP contribution in [-0.2, 0) is 4.79 Å². The van der Waals surface area contributed by atoms with Crippen LogP contribution in [0.3, 0.4) is 0 Å². The quantitative estimate of drug-likeness (QED) is 0.437. The number of hydrogen-bond acceptors (Lipinski definition) is 1. The molecule has 0 atom stereocenters. The standard InChI is InChI=1S/C3H6O.S/c1-3(2)4;/h1-2H3;. The number of Topliss-reactive ketones (excluding diaryl/α,β-unsaturated/α-hetero) is 1. The molecule has 0 aliphatic carbocycles. The van der Waals surface area contributed by atoms with E-state index < -0.39 is 0 Å². The first-order valence-corrected chi connectivity index (χ1v) is 1.20. The summed E-state index contributed by atoms with van der Waals surface area (Å²) >= 11 is 0. The molecule has 0 N–H and O–H groups in total. The van der Waals surface area contributed by atoms with Crippen LogP contribution in [0.5, 0.6) is 0 Å². The summed E-state index contributed by atoms with van der Waals surface area (Å²) in [7, 11) is 0. The first-order valence-electron chi connectivity index (χ1n) is 1.20. The Kier molecular flexibility index (Phi) is 7.15. The highest BCUT2D eigenvalue weighted by molar-refractivity contribution is 7.59. The Balaban J connectivity index is 0. The fraction of sp³-hybridized carbons (Fsp3) is 0.667. The Bertz CT molecular complexity index is 29.9. The topological polar surface area (TPSA) is 17.1 Å². The van der Waals surface area contributed by atoms with E-state index in [2.05, 4.69) is 0 Å². The summed E-state index contributed by atoms with van der Waals surface area (Å²) in [5.74, 6) is 0.167. The molecule has 0 saturated carbocycles. The number of carbonyl (C=O) groups is 1. The molecule has 0 rings (SSSR count). The molecule has 0 aliphatic heterocycles. The summed E-state index contributed by atoms with van der Waals surface area (Å²) in [5.41, 5.74) is 0. The summed E-state index contributed by atoms with van der Waals surface area (Å²) in [6.45, 7) is 3.06. The van der Waals surface area contributed by atoms with Crippen LogP contribution < -0.4 is 0 Å². The Morgan fingerprint density at radius 3 is 1.40 bits per heavy atom.